The number of hydrogen-bond donors (Lipinski definition) is 2. The summed E-state index contributed by atoms with van der Waals surface area (Å²) in [6, 6.07) is 26.4. The molecule has 0 spiro atoms. The Bertz CT molecular complexity index is 1180. The van der Waals surface area contributed by atoms with Crippen molar-refractivity contribution >= 4 is 17.8 Å². The van der Waals surface area contributed by atoms with E-state index < -0.39 is 17.5 Å². The van der Waals surface area contributed by atoms with Gasteiger partial charge < -0.3 is 10.6 Å². The maximum absolute atomic E-state index is 13.3. The predicted molar refractivity (Wildman–Crippen MR) is 136 cm³/mol. The Kier molecular flexibility index (Phi) is 7.30. The summed E-state index contributed by atoms with van der Waals surface area (Å²) in [6.45, 7) is 3.45. The minimum absolute atomic E-state index is 0.288. The molecule has 4 amide bonds. The molecule has 2 N–H and O–H groups in total. The van der Waals surface area contributed by atoms with E-state index in [1.54, 1.807) is 6.92 Å². The Morgan fingerprint density at radius 1 is 0.914 bits per heavy atom. The van der Waals surface area contributed by atoms with E-state index in [4.69, 9.17) is 0 Å². The first-order chi connectivity index (χ1) is 16.9. The van der Waals surface area contributed by atoms with Crippen LogP contribution in [-0.4, -0.2) is 29.3 Å². The number of nitrogens with one attached hydrogen (secondary N) is 2. The van der Waals surface area contributed by atoms with E-state index in [0.29, 0.717) is 12.0 Å². The second-order valence-electron chi connectivity index (χ2n) is 9.11. The van der Waals surface area contributed by atoms with Crippen molar-refractivity contribution in [1.29, 1.82) is 0 Å². The van der Waals surface area contributed by atoms with Crippen molar-refractivity contribution in [3.8, 4) is 0 Å². The van der Waals surface area contributed by atoms with E-state index in [2.05, 4.69) is 17.6 Å². The standard InChI is InChI=1S/C29H31N3O3/c1-3-10-21-15-17-24(18-16-21)29(2)27(34)32(28(35)31-29)20-26(33)30-25(23-13-8-5-9-14-23)19-22-11-6-4-7-12-22/h4-9,11-18,25H,3,10,19-20H2,1-2H3,(H,30,33)(H,31,35). The topological polar surface area (TPSA) is 78.5 Å². The van der Waals surface area contributed by atoms with Gasteiger partial charge in [-0.2, -0.15) is 0 Å². The van der Waals surface area contributed by atoms with Gasteiger partial charge in [-0.15, -0.1) is 0 Å². The van der Waals surface area contributed by atoms with E-state index in [-0.39, 0.29) is 18.5 Å². The smallest absolute Gasteiger partial charge is 0.325 e. The van der Waals surface area contributed by atoms with E-state index in [9.17, 15) is 14.4 Å². The molecule has 1 aliphatic rings. The van der Waals surface area contributed by atoms with Crippen molar-refractivity contribution in [2.45, 2.75) is 44.7 Å². The minimum Gasteiger partial charge on any atom is -0.347 e. The van der Waals surface area contributed by atoms with Gasteiger partial charge in [-0.05, 0) is 42.0 Å². The highest BCUT2D eigenvalue weighted by Crippen LogP contribution is 2.29. The van der Waals surface area contributed by atoms with Gasteiger partial charge >= 0.3 is 6.03 Å². The Hall–Kier alpha value is -3.93. The maximum atomic E-state index is 13.3. The molecule has 2 unspecified atom stereocenters. The number of urea groups is 1. The van der Waals surface area contributed by atoms with Crippen LogP contribution >= 0.6 is 0 Å². The highest BCUT2D eigenvalue weighted by molar-refractivity contribution is 6.09. The molecular weight excluding hydrogens is 438 g/mol. The molecular formula is C29H31N3O3. The van der Waals surface area contributed by atoms with Crippen LogP contribution in [0.25, 0.3) is 0 Å². The van der Waals surface area contributed by atoms with Gasteiger partial charge in [-0.3, -0.25) is 14.5 Å². The monoisotopic (exact) mass is 469 g/mol. The van der Waals surface area contributed by atoms with Gasteiger partial charge in [-0.25, -0.2) is 4.79 Å². The number of carbonyl (C=O) groups is 3. The zero-order valence-electron chi connectivity index (χ0n) is 20.2. The molecule has 6 nitrogen and oxygen atoms in total. The zero-order valence-corrected chi connectivity index (χ0v) is 20.2. The zero-order chi connectivity index (χ0) is 24.8. The van der Waals surface area contributed by atoms with Crippen LogP contribution in [0.5, 0.6) is 0 Å². The molecule has 1 saturated heterocycles. The van der Waals surface area contributed by atoms with Crippen LogP contribution in [0.2, 0.25) is 0 Å². The number of nitrogens with zero attached hydrogens (tertiary/aromatic N) is 1. The van der Waals surface area contributed by atoms with Gasteiger partial charge in [0, 0.05) is 0 Å². The number of imide groups is 1. The number of hydrogen-bond acceptors (Lipinski definition) is 3. The van der Waals surface area contributed by atoms with Crippen molar-refractivity contribution in [1.82, 2.24) is 15.5 Å². The number of rotatable bonds is 9. The van der Waals surface area contributed by atoms with Gasteiger partial charge in [0.1, 0.15) is 12.1 Å². The number of benzene rings is 3. The molecule has 6 heteroatoms. The lowest BCUT2D eigenvalue weighted by Gasteiger charge is -2.23. The lowest BCUT2D eigenvalue weighted by atomic mass is 9.91. The predicted octanol–water partition coefficient (Wildman–Crippen LogP) is 4.51. The fraction of sp³-hybridized carbons (Fsp3) is 0.276. The summed E-state index contributed by atoms with van der Waals surface area (Å²) in [5.74, 6) is -0.818. The molecule has 0 aromatic heterocycles. The largest absolute Gasteiger partial charge is 0.347 e. The van der Waals surface area contributed by atoms with E-state index in [1.807, 2.05) is 84.9 Å². The Morgan fingerprint density at radius 3 is 2.17 bits per heavy atom. The SMILES string of the molecule is CCCc1ccc(C2(C)NC(=O)N(CC(=O)NC(Cc3ccccc3)c3ccccc3)C2=O)cc1. The maximum Gasteiger partial charge on any atom is 0.325 e. The molecule has 1 heterocycles. The lowest BCUT2D eigenvalue weighted by Crippen LogP contribution is -2.44. The summed E-state index contributed by atoms with van der Waals surface area (Å²) in [5.41, 5.74) is 2.71. The fourth-order valence-corrected chi connectivity index (χ4v) is 4.50. The molecule has 180 valence electrons. The average Bonchev–Trinajstić information content (AvgIpc) is 3.09. The number of aryl methyl sites for hydroxylation is 1. The highest BCUT2D eigenvalue weighted by Gasteiger charge is 2.49. The molecule has 1 aliphatic heterocycles. The Morgan fingerprint density at radius 2 is 1.54 bits per heavy atom. The summed E-state index contributed by atoms with van der Waals surface area (Å²) in [5, 5.41) is 5.81. The molecule has 4 rings (SSSR count). The molecule has 0 radical (unpaired) electrons. The third-order valence-corrected chi connectivity index (χ3v) is 6.47. The molecule has 1 fully saturated rings. The quantitative estimate of drug-likeness (QED) is 0.453. The van der Waals surface area contributed by atoms with Crippen LogP contribution < -0.4 is 10.6 Å². The first-order valence-electron chi connectivity index (χ1n) is 12.0. The van der Waals surface area contributed by atoms with Crippen molar-refractivity contribution in [2.75, 3.05) is 6.54 Å². The van der Waals surface area contributed by atoms with Gasteiger partial charge in [0.2, 0.25) is 5.91 Å². The number of carbonyl (C=O) groups excluding carboxylic acids is 3. The summed E-state index contributed by atoms with van der Waals surface area (Å²) < 4.78 is 0. The molecule has 2 atom stereocenters. The van der Waals surface area contributed by atoms with Gasteiger partial charge in [-0.1, -0.05) is 98.3 Å². The summed E-state index contributed by atoms with van der Waals surface area (Å²) >= 11 is 0. The highest BCUT2D eigenvalue weighted by atomic mass is 16.2. The lowest BCUT2D eigenvalue weighted by molar-refractivity contribution is -0.135. The van der Waals surface area contributed by atoms with Crippen LogP contribution in [0.4, 0.5) is 4.79 Å². The Labute approximate surface area is 206 Å². The van der Waals surface area contributed by atoms with Crippen LogP contribution in [0.15, 0.2) is 84.9 Å². The second kappa shape index (κ2) is 10.6. The third kappa shape index (κ3) is 5.43. The van der Waals surface area contributed by atoms with Crippen molar-refractivity contribution in [2.24, 2.45) is 0 Å². The fourth-order valence-electron chi connectivity index (χ4n) is 4.50. The van der Waals surface area contributed by atoms with Crippen LogP contribution in [0.1, 0.15) is 48.6 Å². The van der Waals surface area contributed by atoms with E-state index in [0.717, 1.165) is 28.9 Å². The molecule has 35 heavy (non-hydrogen) atoms. The summed E-state index contributed by atoms with van der Waals surface area (Å²) in [7, 11) is 0. The molecule has 0 saturated carbocycles. The minimum atomic E-state index is -1.20. The summed E-state index contributed by atoms with van der Waals surface area (Å²) in [4.78, 5) is 40.1. The molecule has 0 aliphatic carbocycles. The van der Waals surface area contributed by atoms with Crippen LogP contribution in [0.3, 0.4) is 0 Å². The first kappa shape index (κ1) is 24.2. The van der Waals surface area contributed by atoms with Gasteiger partial charge in [0.25, 0.3) is 5.91 Å². The summed E-state index contributed by atoms with van der Waals surface area (Å²) in [6.07, 6.45) is 2.58. The van der Waals surface area contributed by atoms with Gasteiger partial charge in [0.15, 0.2) is 0 Å². The van der Waals surface area contributed by atoms with Crippen molar-refractivity contribution in [3.63, 3.8) is 0 Å². The third-order valence-electron chi connectivity index (χ3n) is 6.47. The van der Waals surface area contributed by atoms with Crippen molar-refractivity contribution < 1.29 is 14.4 Å². The normalized spacial score (nSPS) is 18.3. The van der Waals surface area contributed by atoms with Crippen LogP contribution in [0, 0.1) is 0 Å². The Balaban J connectivity index is 1.48. The van der Waals surface area contributed by atoms with Gasteiger partial charge in [0.05, 0.1) is 6.04 Å². The van der Waals surface area contributed by atoms with E-state index >= 15 is 0 Å². The molecule has 0 bridgehead atoms. The van der Waals surface area contributed by atoms with E-state index in [1.165, 1.54) is 5.56 Å². The molecule has 3 aromatic rings. The van der Waals surface area contributed by atoms with Crippen molar-refractivity contribution in [3.05, 3.63) is 107 Å². The molecule has 3 aromatic carbocycles. The first-order valence-corrected chi connectivity index (χ1v) is 12.0. The second-order valence-corrected chi connectivity index (χ2v) is 9.11. The number of amides is 4. The van der Waals surface area contributed by atoms with Crippen LogP contribution in [-0.2, 0) is 28.0 Å². The average molecular weight is 470 g/mol.